The summed E-state index contributed by atoms with van der Waals surface area (Å²) < 4.78 is 2.50. The molecule has 0 spiro atoms. The van der Waals surface area contributed by atoms with E-state index in [1.54, 1.807) is 59.7 Å². The maximum absolute atomic E-state index is 12.1. The zero-order chi connectivity index (χ0) is 15.5. The lowest BCUT2D eigenvalue weighted by molar-refractivity contribution is 0.102. The fraction of sp³-hybridized carbons (Fsp3) is 0. The van der Waals surface area contributed by atoms with Crippen molar-refractivity contribution >= 4 is 39.1 Å². The van der Waals surface area contributed by atoms with Crippen LogP contribution in [0.25, 0.3) is 5.82 Å². The molecule has 0 fully saturated rings. The molecule has 2 aromatic heterocycles. The van der Waals surface area contributed by atoms with Crippen LogP contribution in [0, 0.1) is 0 Å². The maximum Gasteiger partial charge on any atom is 0.255 e. The van der Waals surface area contributed by atoms with Crippen LogP contribution in [0.3, 0.4) is 0 Å². The summed E-state index contributed by atoms with van der Waals surface area (Å²) in [7, 11) is 0. The monoisotopic (exact) mass is 376 g/mol. The van der Waals surface area contributed by atoms with Gasteiger partial charge in [-0.15, -0.1) is 0 Å². The molecule has 0 atom stereocenters. The second-order valence-corrected chi connectivity index (χ2v) is 5.82. The van der Waals surface area contributed by atoms with E-state index >= 15 is 0 Å². The molecule has 1 amide bonds. The molecule has 7 heteroatoms. The van der Waals surface area contributed by atoms with Gasteiger partial charge in [-0.2, -0.15) is 5.10 Å². The molecule has 2 heterocycles. The SMILES string of the molecule is O=C(Nc1ccc(-n2cc(Br)cn2)nc1)c1cccc(Cl)c1. The van der Waals surface area contributed by atoms with Crippen molar-refractivity contribution in [1.29, 1.82) is 0 Å². The van der Waals surface area contributed by atoms with Crippen LogP contribution >= 0.6 is 27.5 Å². The van der Waals surface area contributed by atoms with E-state index in [-0.39, 0.29) is 5.91 Å². The van der Waals surface area contributed by atoms with Crippen molar-refractivity contribution in [1.82, 2.24) is 14.8 Å². The van der Waals surface area contributed by atoms with Crippen LogP contribution in [0.15, 0.2) is 59.5 Å². The number of nitrogens with zero attached hydrogens (tertiary/aromatic N) is 3. The van der Waals surface area contributed by atoms with Crippen LogP contribution < -0.4 is 5.32 Å². The highest BCUT2D eigenvalue weighted by Gasteiger charge is 2.07. The van der Waals surface area contributed by atoms with Crippen LogP contribution in [0.1, 0.15) is 10.4 Å². The topological polar surface area (TPSA) is 59.8 Å². The van der Waals surface area contributed by atoms with Gasteiger partial charge < -0.3 is 5.32 Å². The Hall–Kier alpha value is -2.18. The second kappa shape index (κ2) is 6.29. The Morgan fingerprint density at radius 2 is 2.09 bits per heavy atom. The van der Waals surface area contributed by atoms with Crippen LogP contribution in [-0.4, -0.2) is 20.7 Å². The van der Waals surface area contributed by atoms with Crippen molar-refractivity contribution in [2.45, 2.75) is 0 Å². The quantitative estimate of drug-likeness (QED) is 0.752. The molecule has 0 aliphatic rings. The fourth-order valence-electron chi connectivity index (χ4n) is 1.85. The molecule has 1 N–H and O–H groups in total. The molecule has 3 rings (SSSR count). The Morgan fingerprint density at radius 3 is 2.73 bits per heavy atom. The molecular weight excluding hydrogens is 368 g/mol. The number of hydrogen-bond donors (Lipinski definition) is 1. The average Bonchev–Trinajstić information content (AvgIpc) is 2.94. The molecule has 1 aromatic carbocycles. The molecule has 0 bridgehead atoms. The standard InChI is InChI=1S/C15H10BrClN4O/c16-11-7-19-21(9-11)14-5-4-13(8-18-14)20-15(22)10-2-1-3-12(17)6-10/h1-9H,(H,20,22). The lowest BCUT2D eigenvalue weighted by Crippen LogP contribution is -2.12. The summed E-state index contributed by atoms with van der Waals surface area (Å²) in [6, 6.07) is 10.3. The smallest absolute Gasteiger partial charge is 0.255 e. The van der Waals surface area contributed by atoms with Crippen molar-refractivity contribution in [2.75, 3.05) is 5.32 Å². The fourth-order valence-corrected chi connectivity index (χ4v) is 2.33. The van der Waals surface area contributed by atoms with Gasteiger partial charge in [0.25, 0.3) is 5.91 Å². The average molecular weight is 378 g/mol. The van der Waals surface area contributed by atoms with Gasteiger partial charge in [0, 0.05) is 16.8 Å². The van der Waals surface area contributed by atoms with Crippen molar-refractivity contribution in [3.05, 3.63) is 70.0 Å². The van der Waals surface area contributed by atoms with Crippen LogP contribution in [0.2, 0.25) is 5.02 Å². The van der Waals surface area contributed by atoms with E-state index < -0.39 is 0 Å². The summed E-state index contributed by atoms with van der Waals surface area (Å²) in [5, 5.41) is 7.43. The number of halogens is 2. The van der Waals surface area contributed by atoms with Gasteiger partial charge in [-0.3, -0.25) is 4.79 Å². The van der Waals surface area contributed by atoms with Crippen molar-refractivity contribution in [3.63, 3.8) is 0 Å². The Morgan fingerprint density at radius 1 is 1.23 bits per heavy atom. The van der Waals surface area contributed by atoms with E-state index in [0.29, 0.717) is 22.1 Å². The number of carbonyl (C=O) groups excluding carboxylic acids is 1. The van der Waals surface area contributed by atoms with Crippen molar-refractivity contribution in [2.24, 2.45) is 0 Å². The molecular formula is C15H10BrClN4O. The maximum atomic E-state index is 12.1. The molecule has 3 aromatic rings. The lowest BCUT2D eigenvalue weighted by Gasteiger charge is -2.06. The van der Waals surface area contributed by atoms with Gasteiger partial charge in [0.1, 0.15) is 0 Å². The third-order valence-corrected chi connectivity index (χ3v) is 3.52. The number of anilines is 1. The summed E-state index contributed by atoms with van der Waals surface area (Å²) in [6.45, 7) is 0. The Balaban J connectivity index is 1.75. The van der Waals surface area contributed by atoms with Crippen LogP contribution in [-0.2, 0) is 0 Å². The minimum Gasteiger partial charge on any atom is -0.321 e. The molecule has 0 aliphatic carbocycles. The second-order valence-electron chi connectivity index (χ2n) is 4.47. The molecule has 22 heavy (non-hydrogen) atoms. The van der Waals surface area contributed by atoms with Gasteiger partial charge in [0.15, 0.2) is 5.82 Å². The first-order valence-electron chi connectivity index (χ1n) is 6.35. The van der Waals surface area contributed by atoms with Gasteiger partial charge in [-0.25, -0.2) is 9.67 Å². The van der Waals surface area contributed by atoms with Crippen molar-refractivity contribution < 1.29 is 4.79 Å². The summed E-state index contributed by atoms with van der Waals surface area (Å²) in [4.78, 5) is 16.4. The van der Waals surface area contributed by atoms with Gasteiger partial charge in [-0.05, 0) is 46.3 Å². The number of benzene rings is 1. The number of carbonyl (C=O) groups is 1. The third-order valence-electron chi connectivity index (χ3n) is 2.88. The number of hydrogen-bond acceptors (Lipinski definition) is 3. The number of aromatic nitrogens is 3. The highest BCUT2D eigenvalue weighted by Crippen LogP contribution is 2.15. The van der Waals surface area contributed by atoms with Crippen LogP contribution in [0.5, 0.6) is 0 Å². The highest BCUT2D eigenvalue weighted by atomic mass is 79.9. The van der Waals surface area contributed by atoms with Gasteiger partial charge in [0.05, 0.1) is 22.6 Å². The first kappa shape index (κ1) is 14.7. The molecule has 0 aliphatic heterocycles. The van der Waals surface area contributed by atoms with Gasteiger partial charge >= 0.3 is 0 Å². The van der Waals surface area contributed by atoms with Gasteiger partial charge in [0.2, 0.25) is 0 Å². The summed E-state index contributed by atoms with van der Waals surface area (Å²) in [5.41, 5.74) is 1.09. The number of pyridine rings is 1. The van der Waals surface area contributed by atoms with E-state index in [2.05, 4.69) is 31.3 Å². The van der Waals surface area contributed by atoms with Crippen molar-refractivity contribution in [3.8, 4) is 5.82 Å². The molecule has 0 radical (unpaired) electrons. The Labute approximate surface area is 140 Å². The van der Waals surface area contributed by atoms with Gasteiger partial charge in [-0.1, -0.05) is 17.7 Å². The van der Waals surface area contributed by atoms with E-state index in [1.165, 1.54) is 0 Å². The Kier molecular flexibility index (Phi) is 4.22. The summed E-state index contributed by atoms with van der Waals surface area (Å²) >= 11 is 9.21. The first-order valence-corrected chi connectivity index (χ1v) is 7.52. The third kappa shape index (κ3) is 3.35. The van der Waals surface area contributed by atoms with E-state index in [4.69, 9.17) is 11.6 Å². The largest absolute Gasteiger partial charge is 0.321 e. The predicted molar refractivity (Wildman–Crippen MR) is 88.5 cm³/mol. The molecule has 0 unspecified atom stereocenters. The summed E-state index contributed by atoms with van der Waals surface area (Å²) in [6.07, 6.45) is 5.05. The minimum absolute atomic E-state index is 0.237. The molecule has 5 nitrogen and oxygen atoms in total. The normalized spacial score (nSPS) is 10.5. The van der Waals surface area contributed by atoms with E-state index in [1.807, 2.05) is 0 Å². The Bertz CT molecular complexity index is 816. The zero-order valence-electron chi connectivity index (χ0n) is 11.2. The number of rotatable bonds is 3. The lowest BCUT2D eigenvalue weighted by atomic mass is 10.2. The molecule has 0 saturated carbocycles. The van der Waals surface area contributed by atoms with Crippen LogP contribution in [0.4, 0.5) is 5.69 Å². The molecule has 0 saturated heterocycles. The van der Waals surface area contributed by atoms with E-state index in [0.717, 1.165) is 4.47 Å². The molecule has 110 valence electrons. The number of amides is 1. The minimum atomic E-state index is -0.237. The zero-order valence-corrected chi connectivity index (χ0v) is 13.5. The first-order chi connectivity index (χ1) is 10.6. The highest BCUT2D eigenvalue weighted by molar-refractivity contribution is 9.10. The summed E-state index contributed by atoms with van der Waals surface area (Å²) in [5.74, 6) is 0.422. The predicted octanol–water partition coefficient (Wildman–Crippen LogP) is 3.94. The number of nitrogens with one attached hydrogen (secondary N) is 1. The van der Waals surface area contributed by atoms with E-state index in [9.17, 15) is 4.79 Å².